The first-order valence-electron chi connectivity index (χ1n) is 7.86. The lowest BCUT2D eigenvalue weighted by atomic mass is 9.77. The Bertz CT molecular complexity index is 695. The quantitative estimate of drug-likeness (QED) is 0.838. The fourth-order valence-electron chi connectivity index (χ4n) is 2.67. The van der Waals surface area contributed by atoms with E-state index in [1.54, 1.807) is 14.0 Å². The number of carboxylic acids is 1. The maximum atomic E-state index is 12.0. The molecule has 0 aliphatic heterocycles. The van der Waals surface area contributed by atoms with Crippen LogP contribution in [0.2, 0.25) is 0 Å². The van der Waals surface area contributed by atoms with Crippen LogP contribution in [-0.4, -0.2) is 30.9 Å². The summed E-state index contributed by atoms with van der Waals surface area (Å²) in [6.07, 6.45) is 0.438. The van der Waals surface area contributed by atoms with Gasteiger partial charge in [-0.15, -0.1) is 0 Å². The fraction of sp³-hybridized carbons (Fsp3) is 0.421. The van der Waals surface area contributed by atoms with Gasteiger partial charge in [0, 0.05) is 6.61 Å². The van der Waals surface area contributed by atoms with Gasteiger partial charge in [-0.25, -0.2) is 0 Å². The van der Waals surface area contributed by atoms with Crippen molar-refractivity contribution in [3.05, 3.63) is 42.0 Å². The van der Waals surface area contributed by atoms with E-state index in [9.17, 15) is 9.90 Å². The average Bonchev–Trinajstić information content (AvgIpc) is 2.57. The summed E-state index contributed by atoms with van der Waals surface area (Å²) in [5, 5.41) is 11.8. The van der Waals surface area contributed by atoms with E-state index in [0.29, 0.717) is 6.61 Å². The highest BCUT2D eigenvalue weighted by Gasteiger charge is 2.41. The van der Waals surface area contributed by atoms with E-state index in [0.717, 1.165) is 28.5 Å². The van der Waals surface area contributed by atoms with Gasteiger partial charge in [-0.05, 0) is 54.8 Å². The smallest absolute Gasteiger partial charge is 0.316 e. The minimum Gasteiger partial charge on any atom is -0.497 e. The molecule has 0 heterocycles. The number of ether oxygens (including phenoxy) is 2. The number of rotatable bonds is 7. The molecule has 0 amide bonds. The number of methoxy groups -OCH3 is 1. The highest BCUT2D eigenvalue weighted by molar-refractivity contribution is 5.88. The molecule has 0 aliphatic carbocycles. The number of hydrogen-bond acceptors (Lipinski definition) is 3. The topological polar surface area (TPSA) is 55.8 Å². The molecular weight excluding hydrogens is 292 g/mol. The van der Waals surface area contributed by atoms with Crippen LogP contribution < -0.4 is 4.74 Å². The van der Waals surface area contributed by atoms with Crippen molar-refractivity contribution < 1.29 is 19.4 Å². The maximum Gasteiger partial charge on any atom is 0.316 e. The van der Waals surface area contributed by atoms with Crippen molar-refractivity contribution >= 4 is 16.7 Å². The molecule has 0 spiro atoms. The van der Waals surface area contributed by atoms with Crippen LogP contribution in [0, 0.1) is 0 Å². The van der Waals surface area contributed by atoms with Crippen LogP contribution in [0.3, 0.4) is 0 Å². The molecule has 4 nitrogen and oxygen atoms in total. The van der Waals surface area contributed by atoms with Crippen LogP contribution in [-0.2, 0) is 14.9 Å². The first-order valence-corrected chi connectivity index (χ1v) is 7.86. The second-order valence-corrected chi connectivity index (χ2v) is 5.95. The minimum absolute atomic E-state index is 0.421. The van der Waals surface area contributed by atoms with Gasteiger partial charge in [0.15, 0.2) is 0 Å². The summed E-state index contributed by atoms with van der Waals surface area (Å²) in [5.74, 6) is -0.0974. The SMILES string of the molecule is CCCO[C@@H](C)[C@](C)(C(=O)O)c1ccc2cc(OC)ccc2c1. The van der Waals surface area contributed by atoms with Crippen molar-refractivity contribution in [2.24, 2.45) is 0 Å². The lowest BCUT2D eigenvalue weighted by molar-refractivity contribution is -0.149. The van der Waals surface area contributed by atoms with E-state index in [2.05, 4.69) is 0 Å². The van der Waals surface area contributed by atoms with E-state index < -0.39 is 17.5 Å². The van der Waals surface area contributed by atoms with Gasteiger partial charge in [-0.2, -0.15) is 0 Å². The van der Waals surface area contributed by atoms with Gasteiger partial charge in [0.05, 0.1) is 13.2 Å². The normalized spacial score (nSPS) is 15.1. The van der Waals surface area contributed by atoms with E-state index in [1.807, 2.05) is 50.2 Å². The molecule has 2 aromatic rings. The second-order valence-electron chi connectivity index (χ2n) is 5.95. The summed E-state index contributed by atoms with van der Waals surface area (Å²) in [7, 11) is 1.63. The van der Waals surface area contributed by atoms with E-state index in [1.165, 1.54) is 0 Å². The first-order chi connectivity index (χ1) is 10.9. The monoisotopic (exact) mass is 316 g/mol. The lowest BCUT2D eigenvalue weighted by Crippen LogP contribution is -2.44. The molecule has 2 rings (SSSR count). The second kappa shape index (κ2) is 7.01. The van der Waals surface area contributed by atoms with Gasteiger partial charge >= 0.3 is 5.97 Å². The number of aliphatic carboxylic acids is 1. The third kappa shape index (κ3) is 3.32. The third-order valence-corrected chi connectivity index (χ3v) is 4.48. The summed E-state index contributed by atoms with van der Waals surface area (Å²) in [4.78, 5) is 12.0. The van der Waals surface area contributed by atoms with Gasteiger partial charge in [0.1, 0.15) is 11.2 Å². The zero-order valence-corrected chi connectivity index (χ0v) is 14.1. The summed E-state index contributed by atoms with van der Waals surface area (Å²) in [5.41, 5.74) is -0.352. The molecule has 0 saturated heterocycles. The number of carboxylic acid groups (broad SMARTS) is 1. The number of fused-ring (bicyclic) bond motifs is 1. The Balaban J connectivity index is 2.47. The molecule has 0 aromatic heterocycles. The predicted molar refractivity (Wildman–Crippen MR) is 91.2 cm³/mol. The van der Waals surface area contributed by atoms with E-state index >= 15 is 0 Å². The number of carbonyl (C=O) groups is 1. The molecular formula is C19H24O4. The molecule has 0 unspecified atom stereocenters. The van der Waals surface area contributed by atoms with Gasteiger partial charge in [-0.1, -0.05) is 25.1 Å². The molecule has 0 saturated carbocycles. The highest BCUT2D eigenvalue weighted by Crippen LogP contribution is 2.33. The molecule has 1 N–H and O–H groups in total. The maximum absolute atomic E-state index is 12.0. The lowest BCUT2D eigenvalue weighted by Gasteiger charge is -2.32. The average molecular weight is 316 g/mol. The number of hydrogen-bond donors (Lipinski definition) is 1. The zero-order chi connectivity index (χ0) is 17.0. The van der Waals surface area contributed by atoms with Crippen LogP contribution in [0.4, 0.5) is 0 Å². The molecule has 0 fully saturated rings. The van der Waals surface area contributed by atoms with Crippen LogP contribution in [0.15, 0.2) is 36.4 Å². The summed E-state index contributed by atoms with van der Waals surface area (Å²) >= 11 is 0. The van der Waals surface area contributed by atoms with Gasteiger partial charge < -0.3 is 14.6 Å². The molecule has 0 radical (unpaired) electrons. The summed E-state index contributed by atoms with van der Waals surface area (Å²) < 4.78 is 10.9. The van der Waals surface area contributed by atoms with Crippen molar-refractivity contribution in [3.8, 4) is 5.75 Å². The van der Waals surface area contributed by atoms with Gasteiger partial charge in [-0.3, -0.25) is 4.79 Å². The highest BCUT2D eigenvalue weighted by atomic mass is 16.5. The molecule has 23 heavy (non-hydrogen) atoms. The minimum atomic E-state index is -1.09. The molecule has 124 valence electrons. The van der Waals surface area contributed by atoms with Crippen molar-refractivity contribution in [2.45, 2.75) is 38.7 Å². The summed E-state index contributed by atoms with van der Waals surface area (Å²) in [6, 6.07) is 11.5. The Hall–Kier alpha value is -2.07. The van der Waals surface area contributed by atoms with Crippen LogP contribution in [0.1, 0.15) is 32.8 Å². The van der Waals surface area contributed by atoms with Gasteiger partial charge in [0.2, 0.25) is 0 Å². The van der Waals surface area contributed by atoms with E-state index in [4.69, 9.17) is 9.47 Å². The van der Waals surface area contributed by atoms with Crippen LogP contribution >= 0.6 is 0 Å². The van der Waals surface area contributed by atoms with Crippen LogP contribution in [0.5, 0.6) is 5.75 Å². The molecule has 2 atom stereocenters. The summed E-state index contributed by atoms with van der Waals surface area (Å²) in [6.45, 7) is 6.10. The largest absolute Gasteiger partial charge is 0.497 e. The zero-order valence-electron chi connectivity index (χ0n) is 14.1. The fourth-order valence-corrected chi connectivity index (χ4v) is 2.67. The van der Waals surface area contributed by atoms with Gasteiger partial charge in [0.25, 0.3) is 0 Å². The number of benzene rings is 2. The standard InChI is InChI=1S/C19H24O4/c1-5-10-23-13(2)19(3,18(20)21)16-8-6-15-12-17(22-4)9-7-14(15)11-16/h6-9,11-13H,5,10H2,1-4H3,(H,20,21)/t13-,19-/m0/s1. The van der Waals surface area contributed by atoms with Crippen molar-refractivity contribution in [1.82, 2.24) is 0 Å². The molecule has 4 heteroatoms. The Morgan fingerprint density at radius 2 is 1.87 bits per heavy atom. The van der Waals surface area contributed by atoms with E-state index in [-0.39, 0.29) is 0 Å². The van der Waals surface area contributed by atoms with Crippen LogP contribution in [0.25, 0.3) is 10.8 Å². The predicted octanol–water partition coefficient (Wildman–Crippen LogP) is 4.01. The van der Waals surface area contributed by atoms with Crippen molar-refractivity contribution in [1.29, 1.82) is 0 Å². The van der Waals surface area contributed by atoms with Crippen molar-refractivity contribution in [3.63, 3.8) is 0 Å². The molecule has 2 aromatic carbocycles. The molecule has 0 aliphatic rings. The Kier molecular flexibility index (Phi) is 5.26. The Morgan fingerprint density at radius 1 is 1.22 bits per heavy atom. The third-order valence-electron chi connectivity index (χ3n) is 4.48. The Morgan fingerprint density at radius 3 is 2.48 bits per heavy atom. The first kappa shape index (κ1) is 17.3. The Labute approximate surface area is 137 Å². The molecule has 0 bridgehead atoms. The van der Waals surface area contributed by atoms with Crippen molar-refractivity contribution in [2.75, 3.05) is 13.7 Å².